The van der Waals surface area contributed by atoms with Gasteiger partial charge < -0.3 is 20.1 Å². The molecule has 1 rings (SSSR count). The van der Waals surface area contributed by atoms with Crippen LogP contribution >= 0.6 is 0 Å². The maximum Gasteiger partial charge on any atom is 0.227 e. The lowest BCUT2D eigenvalue weighted by Crippen LogP contribution is -2.33. The van der Waals surface area contributed by atoms with Crippen molar-refractivity contribution in [3.05, 3.63) is 24.3 Å². The van der Waals surface area contributed by atoms with Crippen LogP contribution in [-0.4, -0.2) is 39.3 Å². The molecular formula is C16H26N2O3. The van der Waals surface area contributed by atoms with Crippen molar-refractivity contribution in [2.24, 2.45) is 5.73 Å². The van der Waals surface area contributed by atoms with Gasteiger partial charge in [-0.25, -0.2) is 0 Å². The topological polar surface area (TPSA) is 64.8 Å². The Bertz CT molecular complexity index is 437. The van der Waals surface area contributed by atoms with E-state index in [0.717, 1.165) is 12.1 Å². The van der Waals surface area contributed by atoms with Crippen LogP contribution in [0, 0.1) is 0 Å². The van der Waals surface area contributed by atoms with Crippen LogP contribution in [0.25, 0.3) is 0 Å². The maximum absolute atomic E-state index is 12.5. The van der Waals surface area contributed by atoms with E-state index in [9.17, 15) is 4.79 Å². The summed E-state index contributed by atoms with van der Waals surface area (Å²) in [5, 5.41) is 0. The number of para-hydroxylation sites is 2. The summed E-state index contributed by atoms with van der Waals surface area (Å²) in [6, 6.07) is 7.54. The van der Waals surface area contributed by atoms with E-state index in [1.54, 1.807) is 19.1 Å². The van der Waals surface area contributed by atoms with Crippen LogP contribution in [-0.2, 0) is 9.53 Å². The van der Waals surface area contributed by atoms with E-state index in [-0.39, 0.29) is 12.0 Å². The maximum atomic E-state index is 12.5. The lowest BCUT2D eigenvalue weighted by molar-refractivity contribution is -0.119. The van der Waals surface area contributed by atoms with Gasteiger partial charge in [0.15, 0.2) is 0 Å². The molecule has 1 unspecified atom stereocenters. The highest BCUT2D eigenvalue weighted by Gasteiger charge is 2.19. The Kier molecular flexibility index (Phi) is 7.79. The first-order valence-electron chi connectivity index (χ1n) is 7.30. The number of hydrogen-bond acceptors (Lipinski definition) is 4. The second-order valence-electron chi connectivity index (χ2n) is 4.94. The minimum absolute atomic E-state index is 0.0665. The number of hydrogen-bond donors (Lipinski definition) is 1. The average molecular weight is 294 g/mol. The summed E-state index contributed by atoms with van der Waals surface area (Å²) in [6.45, 7) is 3.10. The fourth-order valence-corrected chi connectivity index (χ4v) is 2.06. The van der Waals surface area contributed by atoms with E-state index in [1.165, 1.54) is 0 Å². The Morgan fingerprint density at radius 1 is 1.33 bits per heavy atom. The molecule has 0 aliphatic heterocycles. The van der Waals surface area contributed by atoms with Crippen LogP contribution in [0.4, 0.5) is 5.69 Å². The van der Waals surface area contributed by atoms with Crippen LogP contribution in [0.2, 0.25) is 0 Å². The molecule has 0 radical (unpaired) electrons. The molecule has 0 fully saturated rings. The van der Waals surface area contributed by atoms with Gasteiger partial charge in [-0.3, -0.25) is 4.79 Å². The first kappa shape index (κ1) is 17.5. The van der Waals surface area contributed by atoms with Crippen LogP contribution < -0.4 is 15.4 Å². The second kappa shape index (κ2) is 9.37. The van der Waals surface area contributed by atoms with Gasteiger partial charge in [0.25, 0.3) is 0 Å². The standard InChI is InChI=1S/C16H26N2O3/c1-13(20-2)9-10-16(19)18(12-6-11-17)14-7-4-5-8-15(14)21-3/h4-5,7-8,13H,6,9-12,17H2,1-3H3. The van der Waals surface area contributed by atoms with Gasteiger partial charge in [-0.05, 0) is 38.4 Å². The summed E-state index contributed by atoms with van der Waals surface area (Å²) in [5.41, 5.74) is 6.38. The van der Waals surface area contributed by atoms with Crippen molar-refractivity contribution < 1.29 is 14.3 Å². The largest absolute Gasteiger partial charge is 0.495 e. The van der Waals surface area contributed by atoms with Crippen molar-refractivity contribution in [2.45, 2.75) is 32.3 Å². The van der Waals surface area contributed by atoms with Gasteiger partial charge in [0.1, 0.15) is 5.75 Å². The predicted octanol–water partition coefficient (Wildman–Crippen LogP) is 2.19. The summed E-state index contributed by atoms with van der Waals surface area (Å²) in [7, 11) is 3.26. The van der Waals surface area contributed by atoms with E-state index >= 15 is 0 Å². The first-order chi connectivity index (χ1) is 10.1. The average Bonchev–Trinajstić information content (AvgIpc) is 2.53. The molecule has 1 atom stereocenters. The molecule has 2 N–H and O–H groups in total. The Labute approximate surface area is 127 Å². The summed E-state index contributed by atoms with van der Waals surface area (Å²) >= 11 is 0. The molecule has 5 nitrogen and oxygen atoms in total. The van der Waals surface area contributed by atoms with Crippen molar-refractivity contribution in [3.8, 4) is 5.75 Å². The van der Waals surface area contributed by atoms with Crippen molar-refractivity contribution in [2.75, 3.05) is 32.2 Å². The molecule has 1 aromatic carbocycles. The van der Waals surface area contributed by atoms with Crippen LogP contribution in [0.15, 0.2) is 24.3 Å². The Morgan fingerprint density at radius 2 is 2.05 bits per heavy atom. The molecule has 118 valence electrons. The van der Waals surface area contributed by atoms with E-state index in [0.29, 0.717) is 31.7 Å². The molecule has 5 heteroatoms. The molecule has 0 saturated carbocycles. The highest BCUT2D eigenvalue weighted by atomic mass is 16.5. The SMILES string of the molecule is COc1ccccc1N(CCCN)C(=O)CCC(C)OC. The van der Waals surface area contributed by atoms with E-state index in [4.69, 9.17) is 15.2 Å². The number of benzene rings is 1. The Hall–Kier alpha value is -1.59. The third kappa shape index (κ3) is 5.36. The highest BCUT2D eigenvalue weighted by Crippen LogP contribution is 2.28. The number of carbonyl (C=O) groups excluding carboxylic acids is 1. The van der Waals surface area contributed by atoms with Crippen LogP contribution in [0.5, 0.6) is 5.75 Å². The van der Waals surface area contributed by atoms with Gasteiger partial charge in [0.2, 0.25) is 5.91 Å². The predicted molar refractivity (Wildman–Crippen MR) is 84.7 cm³/mol. The van der Waals surface area contributed by atoms with E-state index in [2.05, 4.69) is 0 Å². The van der Waals surface area contributed by atoms with Crippen molar-refractivity contribution in [1.82, 2.24) is 0 Å². The third-order valence-electron chi connectivity index (χ3n) is 3.43. The number of ether oxygens (including phenoxy) is 2. The zero-order valence-corrected chi connectivity index (χ0v) is 13.2. The minimum atomic E-state index is 0.0665. The zero-order valence-electron chi connectivity index (χ0n) is 13.2. The summed E-state index contributed by atoms with van der Waals surface area (Å²) in [4.78, 5) is 14.3. The Morgan fingerprint density at radius 3 is 2.67 bits per heavy atom. The van der Waals surface area contributed by atoms with Crippen LogP contribution in [0.1, 0.15) is 26.2 Å². The number of amides is 1. The monoisotopic (exact) mass is 294 g/mol. The van der Waals surface area contributed by atoms with Crippen molar-refractivity contribution >= 4 is 11.6 Å². The van der Waals surface area contributed by atoms with Crippen LogP contribution in [0.3, 0.4) is 0 Å². The second-order valence-corrected chi connectivity index (χ2v) is 4.94. The molecule has 0 aliphatic carbocycles. The number of carbonyl (C=O) groups is 1. The van der Waals surface area contributed by atoms with Gasteiger partial charge in [0.05, 0.1) is 18.9 Å². The first-order valence-corrected chi connectivity index (χ1v) is 7.30. The Balaban J connectivity index is 2.86. The van der Waals surface area contributed by atoms with Crippen molar-refractivity contribution in [1.29, 1.82) is 0 Å². The number of anilines is 1. The lowest BCUT2D eigenvalue weighted by Gasteiger charge is -2.25. The van der Waals surface area contributed by atoms with E-state index < -0.39 is 0 Å². The third-order valence-corrected chi connectivity index (χ3v) is 3.43. The normalized spacial score (nSPS) is 12.0. The number of nitrogens with zero attached hydrogens (tertiary/aromatic N) is 1. The molecule has 1 aromatic rings. The smallest absolute Gasteiger partial charge is 0.227 e. The summed E-state index contributed by atoms with van der Waals surface area (Å²) < 4.78 is 10.5. The molecule has 0 spiro atoms. The zero-order chi connectivity index (χ0) is 15.7. The lowest BCUT2D eigenvalue weighted by atomic mass is 10.1. The molecule has 0 bridgehead atoms. The minimum Gasteiger partial charge on any atom is -0.495 e. The highest BCUT2D eigenvalue weighted by molar-refractivity contribution is 5.94. The number of nitrogens with two attached hydrogens (primary N) is 1. The van der Waals surface area contributed by atoms with Gasteiger partial charge >= 0.3 is 0 Å². The van der Waals surface area contributed by atoms with Gasteiger partial charge in [-0.2, -0.15) is 0 Å². The number of methoxy groups -OCH3 is 2. The fraction of sp³-hybridized carbons (Fsp3) is 0.562. The van der Waals surface area contributed by atoms with Crippen molar-refractivity contribution in [3.63, 3.8) is 0 Å². The molecule has 0 aromatic heterocycles. The van der Waals surface area contributed by atoms with Gasteiger partial charge in [0, 0.05) is 20.1 Å². The number of rotatable bonds is 9. The summed E-state index contributed by atoms with van der Waals surface area (Å²) in [5.74, 6) is 0.763. The molecule has 0 heterocycles. The van der Waals surface area contributed by atoms with Gasteiger partial charge in [-0.1, -0.05) is 12.1 Å². The molecule has 1 amide bonds. The van der Waals surface area contributed by atoms with E-state index in [1.807, 2.05) is 31.2 Å². The summed E-state index contributed by atoms with van der Waals surface area (Å²) in [6.07, 6.45) is 1.97. The fourth-order valence-electron chi connectivity index (χ4n) is 2.06. The molecule has 0 saturated heterocycles. The molecular weight excluding hydrogens is 268 g/mol. The van der Waals surface area contributed by atoms with Gasteiger partial charge in [-0.15, -0.1) is 0 Å². The molecule has 21 heavy (non-hydrogen) atoms. The molecule has 0 aliphatic rings. The quantitative estimate of drug-likeness (QED) is 0.758.